The lowest BCUT2D eigenvalue weighted by Crippen LogP contribution is -2.36. The summed E-state index contributed by atoms with van der Waals surface area (Å²) in [4.78, 5) is 4.22. The normalized spacial score (nSPS) is 19.2. The first-order valence-electron chi connectivity index (χ1n) is 6.35. The lowest BCUT2D eigenvalue weighted by molar-refractivity contribution is 0.262. The van der Waals surface area contributed by atoms with Gasteiger partial charge in [-0.2, -0.15) is 0 Å². The Balaban J connectivity index is 2.03. The van der Waals surface area contributed by atoms with Crippen molar-refractivity contribution in [3.63, 3.8) is 0 Å². The van der Waals surface area contributed by atoms with Gasteiger partial charge in [0.25, 0.3) is 0 Å². The van der Waals surface area contributed by atoms with Gasteiger partial charge in [-0.3, -0.25) is 0 Å². The smallest absolute Gasteiger partial charge is 0.0951 e. The van der Waals surface area contributed by atoms with Gasteiger partial charge >= 0.3 is 0 Å². The summed E-state index contributed by atoms with van der Waals surface area (Å²) in [6.07, 6.45) is 7.02. The predicted octanol–water partition coefficient (Wildman–Crippen LogP) is 0.578. The summed E-state index contributed by atoms with van der Waals surface area (Å²) in [5, 5.41) is 12.4. The Morgan fingerprint density at radius 2 is 2.41 bits per heavy atom. The first-order valence-corrected chi connectivity index (χ1v) is 6.35. The van der Waals surface area contributed by atoms with E-state index >= 15 is 0 Å². The SMILES string of the molecule is CC(CCO)NC(CN)c1cncn1C1CC1. The van der Waals surface area contributed by atoms with Crippen molar-refractivity contribution in [2.24, 2.45) is 5.73 Å². The second kappa shape index (κ2) is 5.62. The summed E-state index contributed by atoms with van der Waals surface area (Å²) in [6.45, 7) is 2.82. The molecule has 0 aromatic carbocycles. The average molecular weight is 238 g/mol. The Kier molecular flexibility index (Phi) is 4.15. The molecule has 1 aliphatic carbocycles. The number of hydrogen-bond donors (Lipinski definition) is 3. The van der Waals surface area contributed by atoms with E-state index in [1.165, 1.54) is 18.5 Å². The molecule has 96 valence electrons. The summed E-state index contributed by atoms with van der Waals surface area (Å²) in [5.41, 5.74) is 7.00. The van der Waals surface area contributed by atoms with Crippen LogP contribution in [0.2, 0.25) is 0 Å². The van der Waals surface area contributed by atoms with Crippen molar-refractivity contribution < 1.29 is 5.11 Å². The number of nitrogens with two attached hydrogens (primary N) is 1. The van der Waals surface area contributed by atoms with Crippen LogP contribution in [0.4, 0.5) is 0 Å². The zero-order chi connectivity index (χ0) is 12.3. The zero-order valence-electron chi connectivity index (χ0n) is 10.3. The molecule has 1 fully saturated rings. The number of rotatable bonds is 7. The van der Waals surface area contributed by atoms with Crippen molar-refractivity contribution in [1.82, 2.24) is 14.9 Å². The Hall–Kier alpha value is -0.910. The van der Waals surface area contributed by atoms with Gasteiger partial charge in [-0.15, -0.1) is 0 Å². The highest BCUT2D eigenvalue weighted by Gasteiger charge is 2.27. The van der Waals surface area contributed by atoms with Crippen LogP contribution in [0.5, 0.6) is 0 Å². The summed E-state index contributed by atoms with van der Waals surface area (Å²) in [6, 6.07) is 1.01. The van der Waals surface area contributed by atoms with Gasteiger partial charge in [-0.25, -0.2) is 4.98 Å². The molecule has 0 radical (unpaired) electrons. The first-order chi connectivity index (χ1) is 8.26. The Morgan fingerprint density at radius 1 is 1.65 bits per heavy atom. The van der Waals surface area contributed by atoms with Gasteiger partial charge in [-0.05, 0) is 26.2 Å². The maximum Gasteiger partial charge on any atom is 0.0951 e. The molecule has 1 aromatic rings. The minimum absolute atomic E-state index is 0.125. The monoisotopic (exact) mass is 238 g/mol. The van der Waals surface area contributed by atoms with Crippen LogP contribution in [-0.2, 0) is 0 Å². The van der Waals surface area contributed by atoms with Crippen molar-refractivity contribution in [2.75, 3.05) is 13.2 Å². The van der Waals surface area contributed by atoms with Crippen molar-refractivity contribution in [1.29, 1.82) is 0 Å². The molecule has 1 saturated carbocycles. The fraction of sp³-hybridized carbons (Fsp3) is 0.750. The van der Waals surface area contributed by atoms with E-state index in [9.17, 15) is 0 Å². The van der Waals surface area contributed by atoms with E-state index in [0.29, 0.717) is 12.6 Å². The van der Waals surface area contributed by atoms with Gasteiger partial charge in [0.2, 0.25) is 0 Å². The number of hydrogen-bond acceptors (Lipinski definition) is 4. The molecule has 5 heteroatoms. The Morgan fingerprint density at radius 3 is 3.00 bits per heavy atom. The maximum absolute atomic E-state index is 8.92. The molecule has 1 aliphatic rings. The third-order valence-electron chi connectivity index (χ3n) is 3.28. The molecule has 1 aromatic heterocycles. The highest BCUT2D eigenvalue weighted by Crippen LogP contribution is 2.36. The highest BCUT2D eigenvalue weighted by atomic mass is 16.3. The third-order valence-corrected chi connectivity index (χ3v) is 3.28. The van der Waals surface area contributed by atoms with Crippen LogP contribution in [0.1, 0.15) is 44.0 Å². The summed E-state index contributed by atoms with van der Waals surface area (Å²) < 4.78 is 2.23. The molecular formula is C12H22N4O. The van der Waals surface area contributed by atoms with Gasteiger partial charge in [-0.1, -0.05) is 0 Å². The van der Waals surface area contributed by atoms with Crippen LogP contribution < -0.4 is 11.1 Å². The fourth-order valence-electron chi connectivity index (χ4n) is 2.14. The molecule has 0 amide bonds. The molecule has 0 bridgehead atoms. The van der Waals surface area contributed by atoms with Crippen LogP contribution in [-0.4, -0.2) is 33.9 Å². The van der Waals surface area contributed by atoms with Crippen LogP contribution in [0, 0.1) is 0 Å². The minimum Gasteiger partial charge on any atom is -0.396 e. The van der Waals surface area contributed by atoms with E-state index < -0.39 is 0 Å². The number of aliphatic hydroxyl groups excluding tert-OH is 1. The van der Waals surface area contributed by atoms with E-state index in [-0.39, 0.29) is 18.7 Å². The first kappa shape index (κ1) is 12.5. The molecule has 1 heterocycles. The number of aromatic nitrogens is 2. The quantitative estimate of drug-likeness (QED) is 0.649. The average Bonchev–Trinajstić information content (AvgIpc) is 3.05. The van der Waals surface area contributed by atoms with E-state index in [1.54, 1.807) is 0 Å². The standard InChI is InChI=1S/C12H22N4O/c1-9(4-5-17)15-11(6-13)12-7-14-8-16(12)10-2-3-10/h7-11,15,17H,2-6,13H2,1H3. The van der Waals surface area contributed by atoms with Gasteiger partial charge in [0, 0.05) is 31.4 Å². The molecule has 0 saturated heterocycles. The molecule has 0 aliphatic heterocycles. The van der Waals surface area contributed by atoms with Crippen LogP contribution in [0.3, 0.4) is 0 Å². The topological polar surface area (TPSA) is 76.1 Å². The molecule has 17 heavy (non-hydrogen) atoms. The van der Waals surface area contributed by atoms with Crippen LogP contribution in [0.15, 0.2) is 12.5 Å². The number of imidazole rings is 1. The van der Waals surface area contributed by atoms with E-state index in [1.807, 2.05) is 12.5 Å². The highest BCUT2D eigenvalue weighted by molar-refractivity contribution is 5.09. The van der Waals surface area contributed by atoms with E-state index in [2.05, 4.69) is 21.8 Å². The summed E-state index contributed by atoms with van der Waals surface area (Å²) in [7, 11) is 0. The van der Waals surface area contributed by atoms with Crippen molar-refractivity contribution in [3.05, 3.63) is 18.2 Å². The number of nitrogens with zero attached hydrogens (tertiary/aromatic N) is 2. The zero-order valence-corrected chi connectivity index (χ0v) is 10.3. The summed E-state index contributed by atoms with van der Waals surface area (Å²) in [5.74, 6) is 0. The molecular weight excluding hydrogens is 216 g/mol. The minimum atomic E-state index is 0.125. The Labute approximate surface area is 102 Å². The Bertz CT molecular complexity index is 348. The van der Waals surface area contributed by atoms with Gasteiger partial charge in [0.1, 0.15) is 0 Å². The van der Waals surface area contributed by atoms with Crippen molar-refractivity contribution in [3.8, 4) is 0 Å². The summed E-state index contributed by atoms with van der Waals surface area (Å²) >= 11 is 0. The fourth-order valence-corrected chi connectivity index (χ4v) is 2.14. The second-order valence-corrected chi connectivity index (χ2v) is 4.83. The van der Waals surface area contributed by atoms with Crippen molar-refractivity contribution >= 4 is 0 Å². The van der Waals surface area contributed by atoms with Crippen LogP contribution >= 0.6 is 0 Å². The number of aliphatic hydroxyl groups is 1. The lowest BCUT2D eigenvalue weighted by Gasteiger charge is -2.22. The second-order valence-electron chi connectivity index (χ2n) is 4.83. The number of nitrogens with one attached hydrogen (secondary N) is 1. The lowest BCUT2D eigenvalue weighted by atomic mass is 10.1. The van der Waals surface area contributed by atoms with Crippen molar-refractivity contribution in [2.45, 2.75) is 44.3 Å². The maximum atomic E-state index is 8.92. The third kappa shape index (κ3) is 3.06. The molecule has 5 nitrogen and oxygen atoms in total. The largest absolute Gasteiger partial charge is 0.396 e. The molecule has 2 atom stereocenters. The van der Waals surface area contributed by atoms with Gasteiger partial charge < -0.3 is 20.7 Å². The molecule has 0 spiro atoms. The molecule has 2 unspecified atom stereocenters. The van der Waals surface area contributed by atoms with E-state index in [4.69, 9.17) is 10.8 Å². The molecule has 4 N–H and O–H groups in total. The van der Waals surface area contributed by atoms with Gasteiger partial charge in [0.15, 0.2) is 0 Å². The van der Waals surface area contributed by atoms with Crippen LogP contribution in [0.25, 0.3) is 0 Å². The predicted molar refractivity (Wildman–Crippen MR) is 66.6 cm³/mol. The molecule has 2 rings (SSSR count). The van der Waals surface area contributed by atoms with E-state index in [0.717, 1.165) is 6.42 Å². The van der Waals surface area contributed by atoms with Gasteiger partial charge in [0.05, 0.1) is 18.1 Å².